The summed E-state index contributed by atoms with van der Waals surface area (Å²) in [5, 5.41) is 10.1. The fraction of sp³-hybridized carbons (Fsp3) is 0.353. The molecular formula is C17H21NO2. The van der Waals surface area contributed by atoms with Crippen molar-refractivity contribution >= 4 is 0 Å². The van der Waals surface area contributed by atoms with Gasteiger partial charge in [0.25, 0.3) is 0 Å². The van der Waals surface area contributed by atoms with E-state index in [4.69, 9.17) is 0 Å². The zero-order valence-corrected chi connectivity index (χ0v) is 12.7. The lowest BCUT2D eigenvalue weighted by Gasteiger charge is -2.20. The van der Waals surface area contributed by atoms with Crippen LogP contribution < -0.4 is 5.43 Å². The fourth-order valence-electron chi connectivity index (χ4n) is 2.24. The zero-order valence-electron chi connectivity index (χ0n) is 12.7. The highest BCUT2D eigenvalue weighted by atomic mass is 16.3. The van der Waals surface area contributed by atoms with Gasteiger partial charge in [0.2, 0.25) is 0 Å². The average Bonchev–Trinajstić information content (AvgIpc) is 2.31. The second kappa shape index (κ2) is 4.91. The Balaban J connectivity index is 2.68. The van der Waals surface area contributed by atoms with Crippen LogP contribution in [-0.2, 0) is 5.60 Å². The molecule has 1 aromatic heterocycles. The molecule has 2 aromatic rings. The molecule has 0 aliphatic heterocycles. The Kier molecular flexibility index (Phi) is 3.57. The van der Waals surface area contributed by atoms with E-state index >= 15 is 0 Å². The highest BCUT2D eigenvalue weighted by Gasteiger charge is 2.21. The second-order valence-corrected chi connectivity index (χ2v) is 5.89. The normalized spacial score (nSPS) is 11.7. The van der Waals surface area contributed by atoms with Gasteiger partial charge in [-0.25, -0.2) is 0 Å². The van der Waals surface area contributed by atoms with E-state index in [1.807, 2.05) is 17.6 Å². The van der Waals surface area contributed by atoms with Crippen molar-refractivity contribution < 1.29 is 5.11 Å². The molecule has 0 atom stereocenters. The van der Waals surface area contributed by atoms with E-state index in [1.165, 1.54) is 11.1 Å². The first kappa shape index (κ1) is 14.5. The summed E-state index contributed by atoms with van der Waals surface area (Å²) in [5.74, 6) is 0. The molecular weight excluding hydrogens is 250 g/mol. The molecule has 3 heteroatoms. The number of hydrogen-bond donors (Lipinski definition) is 1. The van der Waals surface area contributed by atoms with Gasteiger partial charge in [0.05, 0.1) is 5.60 Å². The number of aryl methyl sites for hydroxylation is 3. The maximum absolute atomic E-state index is 12.0. The van der Waals surface area contributed by atoms with Crippen molar-refractivity contribution in [3.8, 4) is 5.69 Å². The average molecular weight is 271 g/mol. The van der Waals surface area contributed by atoms with Crippen LogP contribution in [0.3, 0.4) is 0 Å². The molecule has 0 spiro atoms. The van der Waals surface area contributed by atoms with Crippen molar-refractivity contribution in [1.82, 2.24) is 4.57 Å². The molecule has 3 nitrogen and oxygen atoms in total. The van der Waals surface area contributed by atoms with Crippen molar-refractivity contribution in [3.63, 3.8) is 0 Å². The van der Waals surface area contributed by atoms with E-state index in [0.717, 1.165) is 11.4 Å². The minimum Gasteiger partial charge on any atom is -0.386 e. The highest BCUT2D eigenvalue weighted by Crippen LogP contribution is 2.20. The molecule has 0 saturated heterocycles. The number of aromatic nitrogens is 1. The predicted octanol–water partition coefficient (Wildman–Crippen LogP) is 2.99. The van der Waals surface area contributed by atoms with E-state index in [2.05, 4.69) is 26.0 Å². The van der Waals surface area contributed by atoms with Crippen LogP contribution in [0.5, 0.6) is 0 Å². The van der Waals surface area contributed by atoms with Crippen LogP contribution in [0, 0.1) is 20.8 Å². The lowest BCUT2D eigenvalue weighted by Crippen LogP contribution is -2.27. The van der Waals surface area contributed by atoms with Gasteiger partial charge in [-0.15, -0.1) is 0 Å². The quantitative estimate of drug-likeness (QED) is 0.912. The molecule has 2 rings (SSSR count). The van der Waals surface area contributed by atoms with Gasteiger partial charge in [-0.2, -0.15) is 0 Å². The zero-order chi connectivity index (χ0) is 15.1. The third kappa shape index (κ3) is 2.68. The summed E-state index contributed by atoms with van der Waals surface area (Å²) < 4.78 is 1.95. The van der Waals surface area contributed by atoms with E-state index in [1.54, 1.807) is 26.1 Å². The Morgan fingerprint density at radius 3 is 2.25 bits per heavy atom. The van der Waals surface area contributed by atoms with Gasteiger partial charge in [-0.3, -0.25) is 4.79 Å². The Morgan fingerprint density at radius 2 is 1.70 bits per heavy atom. The SMILES string of the molecule is Cc1ccc(-n2cc(C(C)(C)O)c(=O)cc2C)cc1C. The monoisotopic (exact) mass is 271 g/mol. The number of benzene rings is 1. The first-order valence-corrected chi connectivity index (χ1v) is 6.74. The molecule has 0 fully saturated rings. The number of rotatable bonds is 2. The third-order valence-electron chi connectivity index (χ3n) is 3.67. The standard InChI is InChI=1S/C17H21NO2/c1-11-6-7-14(8-12(11)2)18-10-15(17(4,5)20)16(19)9-13(18)3/h6-10,20H,1-5H3. The minimum absolute atomic E-state index is 0.130. The summed E-state index contributed by atoms with van der Waals surface area (Å²) in [6.45, 7) is 9.28. The molecule has 1 aromatic carbocycles. The van der Waals surface area contributed by atoms with E-state index in [9.17, 15) is 9.90 Å². The summed E-state index contributed by atoms with van der Waals surface area (Å²) in [6, 6.07) is 7.74. The van der Waals surface area contributed by atoms with E-state index in [0.29, 0.717) is 5.56 Å². The molecule has 0 amide bonds. The molecule has 1 heterocycles. The van der Waals surface area contributed by atoms with Crippen molar-refractivity contribution in [3.05, 3.63) is 63.1 Å². The highest BCUT2D eigenvalue weighted by molar-refractivity contribution is 5.42. The first-order chi connectivity index (χ1) is 9.20. The molecule has 0 unspecified atom stereocenters. The summed E-state index contributed by atoms with van der Waals surface area (Å²) in [4.78, 5) is 12.0. The number of aliphatic hydroxyl groups is 1. The van der Waals surface area contributed by atoms with Crippen LogP contribution in [0.2, 0.25) is 0 Å². The topological polar surface area (TPSA) is 42.2 Å². The number of hydrogen-bond acceptors (Lipinski definition) is 2. The summed E-state index contributed by atoms with van der Waals surface area (Å²) in [6.07, 6.45) is 1.74. The molecule has 0 aliphatic rings. The lowest BCUT2D eigenvalue weighted by molar-refractivity contribution is 0.0769. The summed E-state index contributed by atoms with van der Waals surface area (Å²) in [5.41, 5.74) is 3.41. The second-order valence-electron chi connectivity index (χ2n) is 5.89. The number of pyridine rings is 1. The third-order valence-corrected chi connectivity index (χ3v) is 3.67. The van der Waals surface area contributed by atoms with Gasteiger partial charge in [0.1, 0.15) is 0 Å². The van der Waals surface area contributed by atoms with Gasteiger partial charge >= 0.3 is 0 Å². The summed E-state index contributed by atoms with van der Waals surface area (Å²) >= 11 is 0. The van der Waals surface area contributed by atoms with Gasteiger partial charge in [0.15, 0.2) is 5.43 Å². The maximum Gasteiger partial charge on any atom is 0.187 e. The maximum atomic E-state index is 12.0. The molecule has 0 bridgehead atoms. The van der Waals surface area contributed by atoms with Crippen LogP contribution >= 0.6 is 0 Å². The first-order valence-electron chi connectivity index (χ1n) is 6.74. The van der Waals surface area contributed by atoms with Crippen LogP contribution in [0.15, 0.2) is 35.3 Å². The van der Waals surface area contributed by atoms with Crippen molar-refractivity contribution in [1.29, 1.82) is 0 Å². The minimum atomic E-state index is -1.15. The predicted molar refractivity (Wildman–Crippen MR) is 81.5 cm³/mol. The van der Waals surface area contributed by atoms with Gasteiger partial charge in [-0.1, -0.05) is 6.07 Å². The summed E-state index contributed by atoms with van der Waals surface area (Å²) in [7, 11) is 0. The smallest absolute Gasteiger partial charge is 0.187 e. The molecule has 0 aliphatic carbocycles. The van der Waals surface area contributed by atoms with Crippen molar-refractivity contribution in [2.75, 3.05) is 0 Å². The molecule has 1 N–H and O–H groups in total. The lowest BCUT2D eigenvalue weighted by atomic mass is 9.99. The number of nitrogens with zero attached hydrogens (tertiary/aromatic N) is 1. The molecule has 106 valence electrons. The van der Waals surface area contributed by atoms with Gasteiger partial charge in [0, 0.05) is 29.2 Å². The van der Waals surface area contributed by atoms with Crippen LogP contribution in [0.1, 0.15) is 36.2 Å². The van der Waals surface area contributed by atoms with Crippen molar-refractivity contribution in [2.24, 2.45) is 0 Å². The Morgan fingerprint density at radius 1 is 1.05 bits per heavy atom. The van der Waals surface area contributed by atoms with Crippen LogP contribution in [0.25, 0.3) is 5.69 Å². The van der Waals surface area contributed by atoms with Crippen LogP contribution in [0.4, 0.5) is 0 Å². The van der Waals surface area contributed by atoms with Gasteiger partial charge in [-0.05, 0) is 57.9 Å². The molecule has 20 heavy (non-hydrogen) atoms. The van der Waals surface area contributed by atoms with E-state index in [-0.39, 0.29) is 5.43 Å². The Labute approximate surface area is 119 Å². The van der Waals surface area contributed by atoms with Gasteiger partial charge < -0.3 is 9.67 Å². The van der Waals surface area contributed by atoms with Crippen LogP contribution in [-0.4, -0.2) is 9.67 Å². The molecule has 0 radical (unpaired) electrons. The Hall–Kier alpha value is -1.87. The van der Waals surface area contributed by atoms with Crippen molar-refractivity contribution in [2.45, 2.75) is 40.2 Å². The Bertz CT molecular complexity index is 706. The van der Waals surface area contributed by atoms with E-state index < -0.39 is 5.60 Å². The largest absolute Gasteiger partial charge is 0.386 e. The molecule has 0 saturated carbocycles. The fourth-order valence-corrected chi connectivity index (χ4v) is 2.24.